The molecule has 1 N–H and O–H groups in total. The van der Waals surface area contributed by atoms with Gasteiger partial charge in [-0.05, 0) is 54.8 Å². The number of ether oxygens (including phenoxy) is 1. The van der Waals surface area contributed by atoms with Crippen molar-refractivity contribution in [3.63, 3.8) is 0 Å². The molecule has 0 saturated heterocycles. The van der Waals surface area contributed by atoms with Crippen LogP contribution in [0.15, 0.2) is 89.5 Å². The van der Waals surface area contributed by atoms with E-state index in [2.05, 4.69) is 19.8 Å². The highest BCUT2D eigenvalue weighted by Gasteiger charge is 2.31. The summed E-state index contributed by atoms with van der Waals surface area (Å²) in [5.74, 6) is -0.132. The van der Waals surface area contributed by atoms with Gasteiger partial charge in [-0.15, -0.1) is 29.6 Å². The monoisotopic (exact) mass is 628 g/mol. The third kappa shape index (κ3) is 7.02. The van der Waals surface area contributed by atoms with Crippen molar-refractivity contribution >= 4 is 17.4 Å². The maximum Gasteiger partial charge on any atom is 0.573 e. The summed E-state index contributed by atoms with van der Waals surface area (Å²) in [6.45, 7) is 3.88. The van der Waals surface area contributed by atoms with E-state index in [1.807, 2.05) is 48.8 Å². The van der Waals surface area contributed by atoms with Crippen molar-refractivity contribution < 1.29 is 31.5 Å². The SMILES string of the molecule is CCc1ccccc1-n1c(C)csc1=NC(=O)NC(F)C(F)c1ccc(-c2ncn(-c3ccc(OC(F)(F)F)cc3)n2)cc1. The van der Waals surface area contributed by atoms with Gasteiger partial charge in [0.25, 0.3) is 0 Å². The van der Waals surface area contributed by atoms with E-state index in [9.17, 15) is 22.4 Å². The average Bonchev–Trinajstić information content (AvgIpc) is 3.63. The lowest BCUT2D eigenvalue weighted by Crippen LogP contribution is -2.34. The summed E-state index contributed by atoms with van der Waals surface area (Å²) in [6, 6.07) is 17.4. The number of halogens is 5. The number of carbonyl (C=O) groups excluding carboxylic acids is 1. The van der Waals surface area contributed by atoms with Crippen LogP contribution in [-0.4, -0.2) is 38.0 Å². The number of aromatic nitrogens is 4. The van der Waals surface area contributed by atoms with E-state index in [4.69, 9.17) is 0 Å². The number of nitrogens with one attached hydrogen (secondary N) is 1. The molecule has 0 aliphatic heterocycles. The number of urea groups is 1. The van der Waals surface area contributed by atoms with Crippen molar-refractivity contribution in [2.75, 3.05) is 0 Å². The number of benzene rings is 3. The van der Waals surface area contributed by atoms with Crippen LogP contribution in [0.5, 0.6) is 5.75 Å². The molecule has 0 spiro atoms. The zero-order valence-electron chi connectivity index (χ0n) is 23.3. The van der Waals surface area contributed by atoms with Crippen LogP contribution in [0.3, 0.4) is 0 Å². The largest absolute Gasteiger partial charge is 0.573 e. The first-order valence-electron chi connectivity index (χ1n) is 13.3. The molecule has 0 fully saturated rings. The number of aryl methyl sites for hydroxylation is 2. The van der Waals surface area contributed by atoms with Crippen molar-refractivity contribution in [2.45, 2.75) is 39.1 Å². The summed E-state index contributed by atoms with van der Waals surface area (Å²) in [7, 11) is 0. The normalized spacial score (nSPS) is 13.5. The lowest BCUT2D eigenvalue weighted by Gasteiger charge is -2.14. The van der Waals surface area contributed by atoms with Crippen LogP contribution >= 0.6 is 11.3 Å². The molecule has 0 aliphatic carbocycles. The van der Waals surface area contributed by atoms with Crippen molar-refractivity contribution in [2.24, 2.45) is 4.99 Å². The molecule has 2 aromatic heterocycles. The van der Waals surface area contributed by atoms with Gasteiger partial charge in [-0.2, -0.15) is 4.99 Å². The Bertz CT molecular complexity index is 1810. The molecule has 228 valence electrons. The first-order valence-corrected chi connectivity index (χ1v) is 14.2. The molecule has 0 bridgehead atoms. The zero-order valence-corrected chi connectivity index (χ0v) is 24.1. The Morgan fingerprint density at radius 2 is 1.75 bits per heavy atom. The number of rotatable bonds is 8. The van der Waals surface area contributed by atoms with Crippen LogP contribution in [0.4, 0.5) is 26.7 Å². The molecule has 5 rings (SSSR count). The van der Waals surface area contributed by atoms with E-state index in [0.29, 0.717) is 16.1 Å². The summed E-state index contributed by atoms with van der Waals surface area (Å²) in [4.78, 5) is 21.1. The number of carbonyl (C=O) groups is 1. The first kappa shape index (κ1) is 30.6. The number of alkyl halides is 5. The second-order valence-electron chi connectivity index (χ2n) is 9.52. The van der Waals surface area contributed by atoms with Gasteiger partial charge in [0.2, 0.25) is 6.30 Å². The second kappa shape index (κ2) is 12.8. The quantitative estimate of drug-likeness (QED) is 0.146. The van der Waals surface area contributed by atoms with Crippen LogP contribution in [0.25, 0.3) is 22.8 Å². The Kier molecular flexibility index (Phi) is 8.90. The topological polar surface area (TPSA) is 86.3 Å². The predicted molar refractivity (Wildman–Crippen MR) is 154 cm³/mol. The molecule has 2 heterocycles. The number of amides is 2. The minimum atomic E-state index is -4.80. The molecular formula is C30H25F5N6O2S. The highest BCUT2D eigenvalue weighted by atomic mass is 32.1. The van der Waals surface area contributed by atoms with Crippen LogP contribution in [-0.2, 0) is 6.42 Å². The standard InChI is InChI=1S/C30H25F5N6O2S/c1-3-19-6-4-5-7-24(19)41-18(2)16-44-29(41)38-28(42)37-26(32)25(31)20-8-10-21(11-9-20)27-36-17-40(39-27)22-12-14-23(15-13-22)43-30(33,34)35/h4-17,25-26H,3H2,1-2H3,(H,37,42). The summed E-state index contributed by atoms with van der Waals surface area (Å²) >= 11 is 1.21. The fraction of sp³-hybridized carbons (Fsp3) is 0.200. The summed E-state index contributed by atoms with van der Waals surface area (Å²) < 4.78 is 74.0. The smallest absolute Gasteiger partial charge is 0.406 e. The van der Waals surface area contributed by atoms with Gasteiger partial charge < -0.3 is 10.1 Å². The molecule has 0 aliphatic rings. The highest BCUT2D eigenvalue weighted by Crippen LogP contribution is 2.27. The van der Waals surface area contributed by atoms with Crippen molar-refractivity contribution in [1.82, 2.24) is 24.6 Å². The van der Waals surface area contributed by atoms with E-state index in [0.717, 1.165) is 35.5 Å². The number of thiazole rings is 1. The Balaban J connectivity index is 1.25. The van der Waals surface area contributed by atoms with Crippen molar-refractivity contribution in [3.05, 3.63) is 106 Å². The molecule has 44 heavy (non-hydrogen) atoms. The van der Waals surface area contributed by atoms with Gasteiger partial charge in [-0.3, -0.25) is 4.57 Å². The Morgan fingerprint density at radius 1 is 1.05 bits per heavy atom. The maximum atomic E-state index is 15.0. The predicted octanol–water partition coefficient (Wildman–Crippen LogP) is 7.17. The molecule has 0 radical (unpaired) electrons. The Morgan fingerprint density at radius 3 is 2.43 bits per heavy atom. The summed E-state index contributed by atoms with van der Waals surface area (Å²) in [6.07, 6.45) is -7.23. The summed E-state index contributed by atoms with van der Waals surface area (Å²) in [5, 5.41) is 8.09. The lowest BCUT2D eigenvalue weighted by atomic mass is 10.1. The Labute approximate surface area is 252 Å². The fourth-order valence-electron chi connectivity index (χ4n) is 4.41. The second-order valence-corrected chi connectivity index (χ2v) is 10.4. The van der Waals surface area contributed by atoms with E-state index in [1.165, 1.54) is 58.7 Å². The maximum absolute atomic E-state index is 15.0. The molecule has 0 saturated carbocycles. The van der Waals surface area contributed by atoms with E-state index < -0.39 is 24.9 Å². The van der Waals surface area contributed by atoms with Crippen LogP contribution in [0.1, 0.15) is 29.9 Å². The number of nitrogens with zero attached hydrogens (tertiary/aromatic N) is 5. The van der Waals surface area contributed by atoms with Crippen LogP contribution in [0.2, 0.25) is 0 Å². The fourth-order valence-corrected chi connectivity index (χ4v) is 5.27. The summed E-state index contributed by atoms with van der Waals surface area (Å²) in [5.41, 5.74) is 3.63. The van der Waals surface area contributed by atoms with Crippen molar-refractivity contribution in [3.8, 4) is 28.5 Å². The number of para-hydroxylation sites is 1. The molecule has 2 atom stereocenters. The minimum absolute atomic E-state index is 0.0276. The minimum Gasteiger partial charge on any atom is -0.406 e. The molecule has 8 nitrogen and oxygen atoms in total. The highest BCUT2D eigenvalue weighted by molar-refractivity contribution is 7.07. The number of hydrogen-bond acceptors (Lipinski definition) is 5. The van der Waals surface area contributed by atoms with Crippen molar-refractivity contribution in [1.29, 1.82) is 0 Å². The van der Waals surface area contributed by atoms with Gasteiger partial charge in [-0.1, -0.05) is 49.4 Å². The molecule has 2 amide bonds. The number of hydrogen-bond donors (Lipinski definition) is 1. The van der Waals surface area contributed by atoms with Crippen LogP contribution in [0, 0.1) is 6.92 Å². The first-order chi connectivity index (χ1) is 21.0. The third-order valence-electron chi connectivity index (χ3n) is 6.52. The molecule has 14 heteroatoms. The average molecular weight is 629 g/mol. The van der Waals surface area contributed by atoms with Crippen LogP contribution < -0.4 is 14.9 Å². The van der Waals surface area contributed by atoms with Gasteiger partial charge in [0.1, 0.15) is 12.1 Å². The van der Waals surface area contributed by atoms with Gasteiger partial charge >= 0.3 is 12.4 Å². The van der Waals surface area contributed by atoms with Gasteiger partial charge in [0.05, 0.1) is 11.4 Å². The van der Waals surface area contributed by atoms with E-state index >= 15 is 4.39 Å². The molecule has 3 aromatic carbocycles. The third-order valence-corrected chi connectivity index (χ3v) is 7.47. The molecule has 5 aromatic rings. The molecule has 2 unspecified atom stereocenters. The van der Waals surface area contributed by atoms with E-state index in [1.54, 1.807) is 4.57 Å². The van der Waals surface area contributed by atoms with E-state index in [-0.39, 0.29) is 17.1 Å². The van der Waals surface area contributed by atoms with Gasteiger partial charge in [-0.25, -0.2) is 23.2 Å². The Hall–Kier alpha value is -4.85. The van der Waals surface area contributed by atoms with Gasteiger partial charge in [0, 0.05) is 16.6 Å². The molecular weight excluding hydrogens is 603 g/mol. The lowest BCUT2D eigenvalue weighted by molar-refractivity contribution is -0.274. The van der Waals surface area contributed by atoms with Gasteiger partial charge in [0.15, 0.2) is 16.8 Å². The zero-order chi connectivity index (χ0) is 31.4.